The van der Waals surface area contributed by atoms with Gasteiger partial charge in [-0.15, -0.1) is 11.3 Å². The van der Waals surface area contributed by atoms with Crippen molar-refractivity contribution in [3.8, 4) is 0 Å². The molecule has 1 saturated heterocycles. The molecule has 1 aromatic carbocycles. The van der Waals surface area contributed by atoms with Gasteiger partial charge in [0.15, 0.2) is 0 Å². The molecule has 0 spiro atoms. The number of para-hydroxylation sites is 1. The van der Waals surface area contributed by atoms with Crippen molar-refractivity contribution in [1.82, 2.24) is 10.0 Å². The summed E-state index contributed by atoms with van der Waals surface area (Å²) in [4.78, 5) is 4.14. The van der Waals surface area contributed by atoms with Gasteiger partial charge in [0.25, 0.3) is 0 Å². The summed E-state index contributed by atoms with van der Waals surface area (Å²) in [5, 5.41) is 1.14. The maximum atomic E-state index is 10.2. The van der Waals surface area contributed by atoms with Crippen LogP contribution in [0.1, 0.15) is 0 Å². The largest absolute Gasteiger partial charge is 0.413 e. The van der Waals surface area contributed by atoms with Gasteiger partial charge in [0.1, 0.15) is 0 Å². The third-order valence-corrected chi connectivity index (χ3v) is 3.62. The summed E-state index contributed by atoms with van der Waals surface area (Å²) in [5.41, 5.74) is 2.97. The fourth-order valence-corrected chi connectivity index (χ4v) is 2.65. The van der Waals surface area contributed by atoms with Crippen LogP contribution in [0.4, 0.5) is 0 Å². The SMILES string of the molecule is O=S(=O)(O)ON1CCOCC1.c1ccc2scnc2c1. The number of nitrogens with zero attached hydrogens (tertiary/aromatic N) is 2. The van der Waals surface area contributed by atoms with Crippen LogP contribution in [0.5, 0.6) is 0 Å². The van der Waals surface area contributed by atoms with Crippen LogP contribution in [-0.4, -0.2) is 49.3 Å². The predicted octanol–water partition coefficient (Wildman–Crippen LogP) is 1.35. The highest BCUT2D eigenvalue weighted by atomic mass is 32.3. The number of hydrogen-bond acceptors (Lipinski definition) is 7. The second kappa shape index (κ2) is 7.07. The number of thiazole rings is 1. The van der Waals surface area contributed by atoms with Gasteiger partial charge in [-0.3, -0.25) is 4.55 Å². The van der Waals surface area contributed by atoms with Crippen LogP contribution in [-0.2, 0) is 19.4 Å². The van der Waals surface area contributed by atoms with Crippen molar-refractivity contribution in [2.45, 2.75) is 0 Å². The van der Waals surface area contributed by atoms with E-state index in [9.17, 15) is 8.42 Å². The molecule has 0 atom stereocenters. The fourth-order valence-electron chi connectivity index (χ4n) is 1.56. The monoisotopic (exact) mass is 318 g/mol. The predicted molar refractivity (Wildman–Crippen MR) is 74.6 cm³/mol. The number of ether oxygens (including phenoxy) is 1. The highest BCUT2D eigenvalue weighted by molar-refractivity contribution is 7.80. The van der Waals surface area contributed by atoms with Gasteiger partial charge in [0, 0.05) is 13.1 Å². The third kappa shape index (κ3) is 5.12. The first-order valence-electron chi connectivity index (χ1n) is 5.82. The molecule has 110 valence electrons. The summed E-state index contributed by atoms with van der Waals surface area (Å²) in [6, 6.07) is 8.13. The van der Waals surface area contributed by atoms with Gasteiger partial charge < -0.3 is 4.74 Å². The zero-order chi connectivity index (χ0) is 14.4. The Morgan fingerprint density at radius 1 is 1.30 bits per heavy atom. The second-order valence-electron chi connectivity index (χ2n) is 3.86. The van der Waals surface area contributed by atoms with Gasteiger partial charge >= 0.3 is 10.4 Å². The summed E-state index contributed by atoms with van der Waals surface area (Å²) in [7, 11) is -4.35. The molecule has 1 fully saturated rings. The van der Waals surface area contributed by atoms with E-state index in [2.05, 4.69) is 15.3 Å². The summed E-state index contributed by atoms with van der Waals surface area (Å²) in [5.74, 6) is 0. The van der Waals surface area contributed by atoms with Crippen molar-refractivity contribution in [1.29, 1.82) is 0 Å². The Bertz CT molecular complexity index is 607. The Hall–Kier alpha value is -1.10. The molecule has 1 aliphatic rings. The Balaban J connectivity index is 0.000000149. The molecular formula is C11H14N2O5S2. The van der Waals surface area contributed by atoms with Crippen LogP contribution in [0.25, 0.3) is 10.2 Å². The van der Waals surface area contributed by atoms with Crippen LogP contribution in [0.2, 0.25) is 0 Å². The molecule has 1 N–H and O–H groups in total. The van der Waals surface area contributed by atoms with Crippen LogP contribution >= 0.6 is 11.3 Å². The molecule has 0 unspecified atom stereocenters. The lowest BCUT2D eigenvalue weighted by molar-refractivity contribution is -0.119. The van der Waals surface area contributed by atoms with Crippen LogP contribution in [0.15, 0.2) is 29.8 Å². The van der Waals surface area contributed by atoms with E-state index in [1.54, 1.807) is 11.3 Å². The Labute approximate surface area is 120 Å². The number of benzene rings is 1. The van der Waals surface area contributed by atoms with Gasteiger partial charge in [0.05, 0.1) is 28.9 Å². The third-order valence-electron chi connectivity index (χ3n) is 2.41. The van der Waals surface area contributed by atoms with Crippen molar-refractivity contribution in [3.05, 3.63) is 29.8 Å². The molecule has 0 aliphatic carbocycles. The lowest BCUT2D eigenvalue weighted by Gasteiger charge is -2.23. The van der Waals surface area contributed by atoms with Gasteiger partial charge in [-0.25, -0.2) is 4.98 Å². The number of hydrogen-bond donors (Lipinski definition) is 1. The molecule has 7 nitrogen and oxygen atoms in total. The normalized spacial score (nSPS) is 16.6. The van der Waals surface area contributed by atoms with E-state index in [-0.39, 0.29) is 0 Å². The van der Waals surface area contributed by atoms with Gasteiger partial charge in [-0.05, 0) is 12.1 Å². The van der Waals surface area contributed by atoms with Crippen molar-refractivity contribution >= 4 is 32.0 Å². The van der Waals surface area contributed by atoms with Crippen LogP contribution in [0, 0.1) is 0 Å². The minimum atomic E-state index is -4.35. The average Bonchev–Trinajstić information content (AvgIpc) is 2.87. The summed E-state index contributed by atoms with van der Waals surface area (Å²) < 4.78 is 38.9. The Morgan fingerprint density at radius 2 is 2.00 bits per heavy atom. The molecule has 9 heteroatoms. The number of rotatable bonds is 2. The molecule has 2 aromatic rings. The molecule has 0 saturated carbocycles. The smallest absolute Gasteiger partial charge is 0.379 e. The minimum absolute atomic E-state index is 0.347. The first-order valence-corrected chi connectivity index (χ1v) is 8.07. The van der Waals surface area contributed by atoms with Gasteiger partial charge in [-0.1, -0.05) is 12.1 Å². The maximum absolute atomic E-state index is 10.2. The summed E-state index contributed by atoms with van der Waals surface area (Å²) >= 11 is 1.68. The molecular weight excluding hydrogens is 304 g/mol. The Morgan fingerprint density at radius 3 is 2.65 bits per heavy atom. The fraction of sp³-hybridized carbons (Fsp3) is 0.364. The lowest BCUT2D eigenvalue weighted by atomic mass is 10.3. The molecule has 1 aliphatic heterocycles. The van der Waals surface area contributed by atoms with E-state index in [4.69, 9.17) is 9.29 Å². The molecule has 20 heavy (non-hydrogen) atoms. The van der Waals surface area contributed by atoms with E-state index in [0.29, 0.717) is 26.3 Å². The first kappa shape index (κ1) is 15.3. The molecule has 1 aromatic heterocycles. The molecule has 0 bridgehead atoms. The highest BCUT2D eigenvalue weighted by Gasteiger charge is 2.16. The molecule has 2 heterocycles. The number of fused-ring (bicyclic) bond motifs is 1. The van der Waals surface area contributed by atoms with E-state index in [1.165, 1.54) is 4.70 Å². The lowest BCUT2D eigenvalue weighted by Crippen LogP contribution is -2.37. The van der Waals surface area contributed by atoms with Gasteiger partial charge in [0.2, 0.25) is 0 Å². The highest BCUT2D eigenvalue weighted by Crippen LogP contribution is 2.15. The summed E-state index contributed by atoms with van der Waals surface area (Å²) in [6.07, 6.45) is 0. The van der Waals surface area contributed by atoms with E-state index in [0.717, 1.165) is 10.6 Å². The zero-order valence-electron chi connectivity index (χ0n) is 10.5. The van der Waals surface area contributed by atoms with Crippen molar-refractivity contribution in [2.75, 3.05) is 26.3 Å². The molecule has 0 radical (unpaired) electrons. The molecule has 0 amide bonds. The van der Waals surface area contributed by atoms with Crippen molar-refractivity contribution in [2.24, 2.45) is 0 Å². The second-order valence-corrected chi connectivity index (χ2v) is 5.75. The van der Waals surface area contributed by atoms with Crippen LogP contribution < -0.4 is 0 Å². The van der Waals surface area contributed by atoms with Crippen molar-refractivity contribution in [3.63, 3.8) is 0 Å². The van der Waals surface area contributed by atoms with Crippen LogP contribution in [0.3, 0.4) is 0 Å². The average molecular weight is 318 g/mol. The minimum Gasteiger partial charge on any atom is -0.379 e. The number of hydroxylamine groups is 2. The maximum Gasteiger partial charge on any atom is 0.413 e. The van der Waals surface area contributed by atoms with E-state index >= 15 is 0 Å². The Kier molecular flexibility index (Phi) is 5.40. The number of aromatic nitrogens is 1. The van der Waals surface area contributed by atoms with E-state index in [1.807, 2.05) is 23.7 Å². The topological polar surface area (TPSA) is 89.0 Å². The number of morpholine rings is 1. The zero-order valence-corrected chi connectivity index (χ0v) is 12.1. The quantitative estimate of drug-likeness (QED) is 0.836. The van der Waals surface area contributed by atoms with E-state index < -0.39 is 10.4 Å². The summed E-state index contributed by atoms with van der Waals surface area (Å²) in [6.45, 7) is 1.52. The molecule has 3 rings (SSSR count). The van der Waals surface area contributed by atoms with Crippen molar-refractivity contribution < 1.29 is 22.0 Å². The first-order chi connectivity index (χ1) is 9.54. The van der Waals surface area contributed by atoms with Gasteiger partial charge in [-0.2, -0.15) is 17.8 Å². The standard InChI is InChI=1S/C7H5NS.C4H9NO5S/c1-2-4-7-6(3-1)8-5-9-7;6-11(7,8)10-5-1-3-9-4-2-5/h1-5H;1-4H2,(H,6,7,8).